The molecule has 0 radical (unpaired) electrons. The normalized spacial score (nSPS) is 19.4. The molecule has 1 fully saturated rings. The number of aromatic nitrogens is 2. The Morgan fingerprint density at radius 1 is 1.24 bits per heavy atom. The summed E-state index contributed by atoms with van der Waals surface area (Å²) in [5.41, 5.74) is 5.46. The topological polar surface area (TPSA) is 74.2 Å². The molecule has 120 valence electrons. The maximum Gasteiger partial charge on any atom is 0.226 e. The molecule has 5 heteroatoms. The summed E-state index contributed by atoms with van der Waals surface area (Å²) >= 11 is 0. The molecule has 0 aliphatic heterocycles. The fraction of sp³-hybridized carbons (Fsp3) is 0.875. The van der Waals surface area contributed by atoms with Gasteiger partial charge in [-0.05, 0) is 40.0 Å². The third-order valence-electron chi connectivity index (χ3n) is 4.19. The molecule has 1 aliphatic carbocycles. The van der Waals surface area contributed by atoms with Crippen LogP contribution in [0.4, 0.5) is 0 Å². The Morgan fingerprint density at radius 2 is 1.90 bits per heavy atom. The van der Waals surface area contributed by atoms with Crippen molar-refractivity contribution < 1.29 is 9.26 Å². The first kappa shape index (κ1) is 16.4. The number of aryl methyl sites for hydroxylation is 1. The van der Waals surface area contributed by atoms with Crippen molar-refractivity contribution in [3.63, 3.8) is 0 Å². The zero-order valence-corrected chi connectivity index (χ0v) is 13.7. The van der Waals surface area contributed by atoms with E-state index in [9.17, 15) is 0 Å². The van der Waals surface area contributed by atoms with Crippen molar-refractivity contribution in [2.24, 2.45) is 5.73 Å². The van der Waals surface area contributed by atoms with Gasteiger partial charge in [0.1, 0.15) is 5.60 Å². The van der Waals surface area contributed by atoms with Crippen LogP contribution in [-0.4, -0.2) is 22.3 Å². The molecule has 1 heterocycles. The van der Waals surface area contributed by atoms with Gasteiger partial charge >= 0.3 is 0 Å². The van der Waals surface area contributed by atoms with Crippen LogP contribution in [0.15, 0.2) is 4.52 Å². The van der Waals surface area contributed by atoms with Gasteiger partial charge in [0.05, 0.1) is 0 Å². The second kappa shape index (κ2) is 6.88. The highest BCUT2D eigenvalue weighted by Crippen LogP contribution is 2.38. The van der Waals surface area contributed by atoms with E-state index in [1.807, 2.05) is 20.8 Å². The molecule has 0 bridgehead atoms. The third kappa shape index (κ3) is 4.51. The monoisotopic (exact) mass is 295 g/mol. The molecule has 1 aromatic rings. The predicted molar refractivity (Wildman–Crippen MR) is 81.9 cm³/mol. The molecule has 0 aromatic carbocycles. The molecular formula is C16H29N3O2. The van der Waals surface area contributed by atoms with Crippen molar-refractivity contribution in [2.75, 3.05) is 6.61 Å². The summed E-state index contributed by atoms with van der Waals surface area (Å²) in [6.07, 6.45) is 8.39. The van der Waals surface area contributed by atoms with Crippen LogP contribution in [0.5, 0.6) is 0 Å². The molecule has 0 atom stereocenters. The summed E-state index contributed by atoms with van der Waals surface area (Å²) in [7, 11) is 0. The van der Waals surface area contributed by atoms with Crippen molar-refractivity contribution >= 4 is 0 Å². The molecule has 0 unspecified atom stereocenters. The minimum atomic E-state index is -0.342. The quantitative estimate of drug-likeness (QED) is 0.815. The number of nitrogens with two attached hydrogens (primary N) is 1. The van der Waals surface area contributed by atoms with Crippen molar-refractivity contribution in [1.29, 1.82) is 0 Å². The van der Waals surface area contributed by atoms with Crippen LogP contribution in [0.25, 0.3) is 0 Å². The van der Waals surface area contributed by atoms with Crippen molar-refractivity contribution in [3.05, 3.63) is 11.7 Å². The highest BCUT2D eigenvalue weighted by atomic mass is 16.5. The van der Waals surface area contributed by atoms with Gasteiger partial charge in [0.25, 0.3) is 0 Å². The SMILES string of the molecule is CCOC1(c2noc(CCC(C)(C)N)n2)CCCCCC1. The summed E-state index contributed by atoms with van der Waals surface area (Å²) in [6.45, 7) is 6.73. The lowest BCUT2D eigenvalue weighted by molar-refractivity contribution is -0.0636. The Labute approximate surface area is 127 Å². The van der Waals surface area contributed by atoms with Gasteiger partial charge in [-0.3, -0.25) is 0 Å². The Balaban J connectivity index is 2.11. The molecule has 2 N–H and O–H groups in total. The molecule has 0 amide bonds. The first-order chi connectivity index (χ1) is 9.95. The molecule has 1 aromatic heterocycles. The van der Waals surface area contributed by atoms with E-state index in [0.29, 0.717) is 12.5 Å². The Morgan fingerprint density at radius 3 is 2.48 bits per heavy atom. The van der Waals surface area contributed by atoms with Crippen molar-refractivity contribution in [1.82, 2.24) is 10.1 Å². The van der Waals surface area contributed by atoms with E-state index in [1.165, 1.54) is 25.7 Å². The maximum atomic E-state index is 6.09. The van der Waals surface area contributed by atoms with Crippen LogP contribution in [0.2, 0.25) is 0 Å². The second-order valence-corrected chi connectivity index (χ2v) is 6.84. The summed E-state index contributed by atoms with van der Waals surface area (Å²) in [5, 5.41) is 4.22. The van der Waals surface area contributed by atoms with Gasteiger partial charge in [-0.2, -0.15) is 4.98 Å². The summed E-state index contributed by atoms with van der Waals surface area (Å²) in [5.74, 6) is 1.41. The highest BCUT2D eigenvalue weighted by molar-refractivity contribution is 5.03. The van der Waals surface area contributed by atoms with Gasteiger partial charge in [-0.25, -0.2) is 0 Å². The average Bonchev–Trinajstić information content (AvgIpc) is 2.77. The van der Waals surface area contributed by atoms with Crippen molar-refractivity contribution in [3.8, 4) is 0 Å². The van der Waals surface area contributed by atoms with Crippen LogP contribution in [-0.2, 0) is 16.8 Å². The first-order valence-electron chi connectivity index (χ1n) is 8.21. The minimum absolute atomic E-state index is 0.214. The van der Waals surface area contributed by atoms with Crippen LogP contribution >= 0.6 is 0 Å². The maximum absolute atomic E-state index is 6.09. The van der Waals surface area contributed by atoms with E-state index < -0.39 is 0 Å². The lowest BCUT2D eigenvalue weighted by atomic mass is 9.93. The van der Waals surface area contributed by atoms with Crippen LogP contribution < -0.4 is 5.73 Å². The zero-order valence-electron chi connectivity index (χ0n) is 13.7. The third-order valence-corrected chi connectivity index (χ3v) is 4.19. The van der Waals surface area contributed by atoms with Gasteiger partial charge in [-0.1, -0.05) is 30.8 Å². The number of nitrogens with zero attached hydrogens (tertiary/aromatic N) is 2. The average molecular weight is 295 g/mol. The van der Waals surface area contributed by atoms with E-state index in [-0.39, 0.29) is 11.1 Å². The van der Waals surface area contributed by atoms with Gasteiger partial charge in [-0.15, -0.1) is 0 Å². The molecule has 2 rings (SSSR count). The number of rotatable bonds is 6. The molecule has 0 spiro atoms. The molecule has 5 nitrogen and oxygen atoms in total. The molecule has 1 aliphatic rings. The zero-order chi connectivity index (χ0) is 15.3. The standard InChI is InChI=1S/C16H29N3O2/c1-4-20-16(10-7-5-6-8-11-16)14-18-13(21-19-14)9-12-15(2,3)17/h4-12,17H2,1-3H3. The van der Waals surface area contributed by atoms with Gasteiger partial charge in [0.15, 0.2) is 0 Å². The van der Waals surface area contributed by atoms with E-state index in [0.717, 1.165) is 31.5 Å². The number of ether oxygens (including phenoxy) is 1. The van der Waals surface area contributed by atoms with E-state index in [1.54, 1.807) is 0 Å². The number of hydrogen-bond donors (Lipinski definition) is 1. The van der Waals surface area contributed by atoms with E-state index >= 15 is 0 Å². The Bertz CT molecular complexity index is 429. The lowest BCUT2D eigenvalue weighted by Gasteiger charge is -2.29. The Kier molecular flexibility index (Phi) is 5.38. The Hall–Kier alpha value is -0.940. The van der Waals surface area contributed by atoms with E-state index in [4.69, 9.17) is 15.0 Å². The van der Waals surface area contributed by atoms with Crippen LogP contribution in [0, 0.1) is 0 Å². The first-order valence-corrected chi connectivity index (χ1v) is 8.21. The van der Waals surface area contributed by atoms with Crippen LogP contribution in [0.3, 0.4) is 0 Å². The number of hydrogen-bond acceptors (Lipinski definition) is 5. The van der Waals surface area contributed by atoms with E-state index in [2.05, 4.69) is 10.1 Å². The minimum Gasteiger partial charge on any atom is -0.367 e. The fourth-order valence-electron chi connectivity index (χ4n) is 2.98. The highest BCUT2D eigenvalue weighted by Gasteiger charge is 2.38. The molecular weight excluding hydrogens is 266 g/mol. The fourth-order valence-corrected chi connectivity index (χ4v) is 2.98. The largest absolute Gasteiger partial charge is 0.367 e. The van der Waals surface area contributed by atoms with Gasteiger partial charge in [0, 0.05) is 18.6 Å². The summed E-state index contributed by atoms with van der Waals surface area (Å²) in [4.78, 5) is 4.61. The molecule has 0 saturated heterocycles. The van der Waals surface area contributed by atoms with Crippen LogP contribution in [0.1, 0.15) is 77.4 Å². The lowest BCUT2D eigenvalue weighted by Crippen LogP contribution is -2.32. The van der Waals surface area contributed by atoms with Gasteiger partial charge in [0.2, 0.25) is 11.7 Å². The smallest absolute Gasteiger partial charge is 0.226 e. The second-order valence-electron chi connectivity index (χ2n) is 6.84. The molecule has 1 saturated carbocycles. The summed E-state index contributed by atoms with van der Waals surface area (Å²) < 4.78 is 11.5. The molecule has 21 heavy (non-hydrogen) atoms. The summed E-state index contributed by atoms with van der Waals surface area (Å²) in [6, 6.07) is 0. The van der Waals surface area contributed by atoms with Crippen molar-refractivity contribution in [2.45, 2.75) is 83.3 Å². The van der Waals surface area contributed by atoms with Gasteiger partial charge < -0.3 is 15.0 Å². The predicted octanol–water partition coefficient (Wildman–Crippen LogP) is 3.33.